The topological polar surface area (TPSA) is 70.2 Å². The molecule has 0 radical (unpaired) electrons. The van der Waals surface area contributed by atoms with Crippen LogP contribution in [0.1, 0.15) is 28.6 Å². The van der Waals surface area contributed by atoms with Crippen molar-refractivity contribution < 1.29 is 13.9 Å². The molecule has 0 amide bonds. The van der Waals surface area contributed by atoms with Crippen molar-refractivity contribution in [2.75, 3.05) is 6.61 Å². The third-order valence-electron chi connectivity index (χ3n) is 4.70. The van der Waals surface area contributed by atoms with Gasteiger partial charge in [0.1, 0.15) is 16.9 Å². The fraction of sp³-hybridized carbons (Fsp3) is 0.227. The average molecular weight is 407 g/mol. The molecule has 0 atom stereocenters. The first kappa shape index (κ1) is 19.3. The largest absolute Gasteiger partial charge is 0.462 e. The highest BCUT2D eigenvalue weighted by molar-refractivity contribution is 7.98. The lowest BCUT2D eigenvalue weighted by Crippen LogP contribution is -2.06. The number of carbonyl (C=O) groups is 1. The number of carbonyl (C=O) groups excluding carboxylic acids is 1. The lowest BCUT2D eigenvalue weighted by molar-refractivity contribution is 0.0526. The van der Waals surface area contributed by atoms with Gasteiger partial charge in [-0.3, -0.25) is 0 Å². The van der Waals surface area contributed by atoms with E-state index in [0.29, 0.717) is 29.3 Å². The van der Waals surface area contributed by atoms with E-state index in [4.69, 9.17) is 9.15 Å². The number of ether oxygens (including phenoxy) is 1. The smallest absolute Gasteiger partial charge is 0.342 e. The van der Waals surface area contributed by atoms with Crippen molar-refractivity contribution >= 4 is 28.7 Å². The van der Waals surface area contributed by atoms with Crippen LogP contribution in [0.5, 0.6) is 0 Å². The predicted molar refractivity (Wildman–Crippen MR) is 113 cm³/mol. The van der Waals surface area contributed by atoms with Crippen molar-refractivity contribution in [1.82, 2.24) is 14.8 Å². The van der Waals surface area contributed by atoms with Crippen LogP contribution in [0.25, 0.3) is 22.4 Å². The van der Waals surface area contributed by atoms with E-state index < -0.39 is 0 Å². The van der Waals surface area contributed by atoms with Gasteiger partial charge in [0, 0.05) is 18.0 Å². The van der Waals surface area contributed by atoms with E-state index in [0.717, 1.165) is 27.5 Å². The Hall–Kier alpha value is -3.06. The molecule has 29 heavy (non-hydrogen) atoms. The van der Waals surface area contributed by atoms with Gasteiger partial charge in [-0.05, 0) is 25.5 Å². The molecule has 6 nitrogen and oxygen atoms in total. The fourth-order valence-electron chi connectivity index (χ4n) is 3.25. The van der Waals surface area contributed by atoms with Crippen molar-refractivity contribution in [3.05, 3.63) is 65.4 Å². The number of rotatable bonds is 6. The van der Waals surface area contributed by atoms with Crippen LogP contribution in [0.2, 0.25) is 0 Å². The standard InChI is InChI=1S/C22H21N3O3S/c1-4-27-21(26)19-16-11-7-8-12-17(16)28-18(19)13-29-22-24-23-20(25(22)3)15-10-6-5-9-14(15)2/h5-12H,4,13H2,1-3H3. The molecule has 7 heteroatoms. The molecule has 0 spiro atoms. The first-order valence-corrected chi connectivity index (χ1v) is 10.3. The number of aromatic nitrogens is 3. The van der Waals surface area contributed by atoms with Crippen LogP contribution in [-0.2, 0) is 17.5 Å². The van der Waals surface area contributed by atoms with Gasteiger partial charge in [0.05, 0.1) is 12.4 Å². The van der Waals surface area contributed by atoms with Crippen LogP contribution in [0.3, 0.4) is 0 Å². The second-order valence-electron chi connectivity index (χ2n) is 6.59. The van der Waals surface area contributed by atoms with E-state index in [9.17, 15) is 4.79 Å². The first-order chi connectivity index (χ1) is 14.1. The molecule has 0 fully saturated rings. The van der Waals surface area contributed by atoms with Crippen LogP contribution < -0.4 is 0 Å². The molecule has 0 aliphatic carbocycles. The monoisotopic (exact) mass is 407 g/mol. The molecule has 148 valence electrons. The number of fused-ring (bicyclic) bond motifs is 1. The molecule has 0 unspecified atom stereocenters. The molecule has 4 rings (SSSR count). The van der Waals surface area contributed by atoms with Gasteiger partial charge in [-0.1, -0.05) is 54.2 Å². The van der Waals surface area contributed by atoms with Crippen molar-refractivity contribution in [3.63, 3.8) is 0 Å². The lowest BCUT2D eigenvalue weighted by atomic mass is 10.1. The maximum Gasteiger partial charge on any atom is 0.342 e. The van der Waals surface area contributed by atoms with Crippen molar-refractivity contribution in [1.29, 1.82) is 0 Å². The summed E-state index contributed by atoms with van der Waals surface area (Å²) in [5.41, 5.74) is 3.34. The third-order valence-corrected chi connectivity index (χ3v) is 5.72. The highest BCUT2D eigenvalue weighted by Gasteiger charge is 2.23. The van der Waals surface area contributed by atoms with Gasteiger partial charge in [0.2, 0.25) is 0 Å². The number of esters is 1. The van der Waals surface area contributed by atoms with Gasteiger partial charge >= 0.3 is 5.97 Å². The quantitative estimate of drug-likeness (QED) is 0.331. The Labute approximate surface area is 172 Å². The Morgan fingerprint density at radius 3 is 2.69 bits per heavy atom. The van der Waals surface area contributed by atoms with Crippen LogP contribution >= 0.6 is 11.8 Å². The Balaban J connectivity index is 1.63. The van der Waals surface area contributed by atoms with Crippen LogP contribution in [0, 0.1) is 6.92 Å². The summed E-state index contributed by atoms with van der Waals surface area (Å²) in [4.78, 5) is 12.5. The number of thioether (sulfide) groups is 1. The number of para-hydroxylation sites is 1. The Bertz CT molecular complexity index is 1180. The van der Waals surface area contributed by atoms with E-state index in [1.807, 2.05) is 54.1 Å². The predicted octanol–water partition coefficient (Wildman–Crippen LogP) is 5.01. The van der Waals surface area contributed by atoms with Crippen molar-refractivity contribution in [3.8, 4) is 11.4 Å². The van der Waals surface area contributed by atoms with E-state index in [-0.39, 0.29) is 5.97 Å². The van der Waals surface area contributed by atoms with Crippen molar-refractivity contribution in [2.24, 2.45) is 7.05 Å². The zero-order valence-electron chi connectivity index (χ0n) is 16.5. The zero-order chi connectivity index (χ0) is 20.4. The Morgan fingerprint density at radius 2 is 1.90 bits per heavy atom. The Kier molecular flexibility index (Phi) is 5.40. The summed E-state index contributed by atoms with van der Waals surface area (Å²) in [6.07, 6.45) is 0. The van der Waals surface area contributed by atoms with Gasteiger partial charge < -0.3 is 13.7 Å². The maximum absolute atomic E-state index is 12.5. The second kappa shape index (κ2) is 8.13. The number of benzene rings is 2. The summed E-state index contributed by atoms with van der Waals surface area (Å²) in [6.45, 7) is 4.16. The number of nitrogens with zero attached hydrogens (tertiary/aromatic N) is 3. The zero-order valence-corrected chi connectivity index (χ0v) is 17.3. The van der Waals surface area contributed by atoms with Gasteiger partial charge in [0.15, 0.2) is 11.0 Å². The normalized spacial score (nSPS) is 11.1. The molecule has 2 aromatic carbocycles. The highest BCUT2D eigenvalue weighted by Crippen LogP contribution is 2.32. The minimum atomic E-state index is -0.369. The van der Waals surface area contributed by atoms with E-state index in [2.05, 4.69) is 23.2 Å². The summed E-state index contributed by atoms with van der Waals surface area (Å²) in [5, 5.41) is 10.2. The third kappa shape index (κ3) is 3.65. The van der Waals surface area contributed by atoms with Crippen LogP contribution in [-0.4, -0.2) is 27.3 Å². The average Bonchev–Trinajstić information content (AvgIpc) is 3.27. The number of furan rings is 1. The number of hydrogen-bond donors (Lipinski definition) is 0. The van der Waals surface area contributed by atoms with Crippen molar-refractivity contribution in [2.45, 2.75) is 24.8 Å². The van der Waals surface area contributed by atoms with Crippen LogP contribution in [0.4, 0.5) is 0 Å². The highest BCUT2D eigenvalue weighted by atomic mass is 32.2. The van der Waals surface area contributed by atoms with Gasteiger partial charge in [-0.15, -0.1) is 10.2 Å². The number of hydrogen-bond acceptors (Lipinski definition) is 6. The van der Waals surface area contributed by atoms with E-state index in [1.165, 1.54) is 11.8 Å². The molecule has 0 aliphatic rings. The second-order valence-corrected chi connectivity index (χ2v) is 7.53. The molecule has 4 aromatic rings. The van der Waals surface area contributed by atoms with E-state index in [1.54, 1.807) is 6.92 Å². The molecular formula is C22H21N3O3S. The minimum absolute atomic E-state index is 0.313. The molecule has 0 saturated carbocycles. The van der Waals surface area contributed by atoms with Crippen LogP contribution in [0.15, 0.2) is 58.1 Å². The lowest BCUT2D eigenvalue weighted by Gasteiger charge is -2.06. The Morgan fingerprint density at radius 1 is 1.14 bits per heavy atom. The van der Waals surface area contributed by atoms with Gasteiger partial charge in [0.25, 0.3) is 0 Å². The summed E-state index contributed by atoms with van der Waals surface area (Å²) in [5.74, 6) is 1.46. The molecule has 0 N–H and O–H groups in total. The summed E-state index contributed by atoms with van der Waals surface area (Å²) >= 11 is 1.47. The molecule has 2 heterocycles. The molecule has 0 bridgehead atoms. The van der Waals surface area contributed by atoms with Gasteiger partial charge in [-0.2, -0.15) is 0 Å². The molecular weight excluding hydrogens is 386 g/mol. The number of aryl methyl sites for hydroxylation is 1. The fourth-order valence-corrected chi connectivity index (χ4v) is 4.10. The summed E-state index contributed by atoms with van der Waals surface area (Å²) in [6, 6.07) is 15.6. The maximum atomic E-state index is 12.5. The molecule has 0 saturated heterocycles. The van der Waals surface area contributed by atoms with Gasteiger partial charge in [-0.25, -0.2) is 4.79 Å². The minimum Gasteiger partial charge on any atom is -0.462 e. The van der Waals surface area contributed by atoms with E-state index >= 15 is 0 Å². The summed E-state index contributed by atoms with van der Waals surface area (Å²) < 4.78 is 13.2. The SMILES string of the molecule is CCOC(=O)c1c(CSc2nnc(-c3ccccc3C)n2C)oc2ccccc12. The summed E-state index contributed by atoms with van der Waals surface area (Å²) in [7, 11) is 1.94. The molecule has 2 aromatic heterocycles. The molecule has 0 aliphatic heterocycles. The first-order valence-electron chi connectivity index (χ1n) is 9.35.